The van der Waals surface area contributed by atoms with Crippen LogP contribution in [0.15, 0.2) is 12.7 Å². The number of halogens is 1. The maximum absolute atomic E-state index is 10.5. The highest BCUT2D eigenvalue weighted by Crippen LogP contribution is 1.72. The van der Waals surface area contributed by atoms with Gasteiger partial charge in [-0.3, -0.25) is 10.2 Å². The van der Waals surface area contributed by atoms with Gasteiger partial charge in [-0.25, -0.2) is 5.01 Å². The second-order valence-corrected chi connectivity index (χ2v) is 1.69. The number of carbonyl (C=O) groups is 1. The van der Waals surface area contributed by atoms with E-state index in [1.807, 2.05) is 6.92 Å². The highest BCUT2D eigenvalue weighted by molar-refractivity contribution is 5.86. The molecule has 0 atom stereocenters. The van der Waals surface area contributed by atoms with Gasteiger partial charge in [0, 0.05) is 13.6 Å². The van der Waals surface area contributed by atoms with Gasteiger partial charge in [0.2, 0.25) is 0 Å². The fourth-order valence-electron chi connectivity index (χ4n) is 0.313. The average molecular weight is 165 g/mol. The molecule has 0 saturated heterocycles. The minimum Gasteiger partial charge on any atom is -0.286 e. The topological polar surface area (TPSA) is 32.3 Å². The maximum atomic E-state index is 10.5. The van der Waals surface area contributed by atoms with Gasteiger partial charge in [0.15, 0.2) is 0 Å². The van der Waals surface area contributed by atoms with Crippen LogP contribution in [0.25, 0.3) is 0 Å². The average Bonchev–Trinajstić information content (AvgIpc) is 1.87. The van der Waals surface area contributed by atoms with Crippen LogP contribution in [0.5, 0.6) is 0 Å². The molecule has 0 aromatic heterocycles. The molecule has 0 aromatic rings. The third kappa shape index (κ3) is 5.59. The molecule has 1 N–H and O–H groups in total. The van der Waals surface area contributed by atoms with Crippen LogP contribution in [0.3, 0.4) is 0 Å². The smallest absolute Gasteiger partial charge is 0.257 e. The van der Waals surface area contributed by atoms with Crippen LogP contribution >= 0.6 is 12.4 Å². The Morgan fingerprint density at radius 1 is 1.80 bits per heavy atom. The van der Waals surface area contributed by atoms with Gasteiger partial charge in [-0.1, -0.05) is 13.5 Å². The highest BCUT2D eigenvalue weighted by Gasteiger charge is 1.94. The minimum absolute atomic E-state index is 0. The van der Waals surface area contributed by atoms with Crippen molar-refractivity contribution < 1.29 is 4.79 Å². The highest BCUT2D eigenvalue weighted by atomic mass is 35.5. The summed E-state index contributed by atoms with van der Waals surface area (Å²) in [4.78, 5) is 10.5. The summed E-state index contributed by atoms with van der Waals surface area (Å²) < 4.78 is 0. The molecule has 0 saturated carbocycles. The molecule has 0 fully saturated rings. The summed E-state index contributed by atoms with van der Waals surface area (Å²) in [5.74, 6) is -0.167. The first-order valence-electron chi connectivity index (χ1n) is 2.85. The molecule has 0 bridgehead atoms. The monoisotopic (exact) mass is 164 g/mol. The Balaban J connectivity index is 0. The lowest BCUT2D eigenvalue weighted by molar-refractivity contribution is -0.120. The summed E-state index contributed by atoms with van der Waals surface area (Å²) >= 11 is 0. The van der Waals surface area contributed by atoms with Crippen molar-refractivity contribution >= 4 is 18.3 Å². The normalized spacial score (nSPS) is 8.30. The van der Waals surface area contributed by atoms with Gasteiger partial charge in [-0.2, -0.15) is 0 Å². The van der Waals surface area contributed by atoms with Gasteiger partial charge < -0.3 is 0 Å². The Morgan fingerprint density at radius 2 is 2.30 bits per heavy atom. The van der Waals surface area contributed by atoms with E-state index in [1.54, 1.807) is 12.1 Å². The van der Waals surface area contributed by atoms with Crippen molar-refractivity contribution in [1.82, 2.24) is 10.4 Å². The van der Waals surface area contributed by atoms with E-state index in [0.717, 1.165) is 6.54 Å². The van der Waals surface area contributed by atoms with Crippen LogP contribution in [0.1, 0.15) is 6.92 Å². The zero-order valence-corrected chi connectivity index (χ0v) is 7.07. The lowest BCUT2D eigenvalue weighted by Gasteiger charge is -2.12. The van der Waals surface area contributed by atoms with Crippen molar-refractivity contribution in [2.75, 3.05) is 13.6 Å². The molecule has 60 valence electrons. The molecule has 0 rings (SSSR count). The number of hydrazine groups is 1. The lowest BCUT2D eigenvalue weighted by Crippen LogP contribution is -2.37. The molecule has 0 spiro atoms. The van der Waals surface area contributed by atoms with E-state index >= 15 is 0 Å². The lowest BCUT2D eigenvalue weighted by atomic mass is 10.6. The van der Waals surface area contributed by atoms with Gasteiger partial charge >= 0.3 is 0 Å². The molecular weight excluding hydrogens is 152 g/mol. The molecule has 0 aliphatic carbocycles. The van der Waals surface area contributed by atoms with E-state index in [1.165, 1.54) is 6.08 Å². The summed E-state index contributed by atoms with van der Waals surface area (Å²) in [5, 5.41) is 1.68. The molecule has 3 nitrogen and oxygen atoms in total. The first-order valence-corrected chi connectivity index (χ1v) is 2.85. The zero-order chi connectivity index (χ0) is 7.28. The van der Waals surface area contributed by atoms with E-state index in [-0.39, 0.29) is 18.3 Å². The van der Waals surface area contributed by atoms with Gasteiger partial charge in [0.1, 0.15) is 0 Å². The second kappa shape index (κ2) is 6.58. The summed E-state index contributed by atoms with van der Waals surface area (Å²) in [6, 6.07) is 0. The molecule has 0 heterocycles. The van der Waals surface area contributed by atoms with E-state index < -0.39 is 0 Å². The largest absolute Gasteiger partial charge is 0.286 e. The van der Waals surface area contributed by atoms with Crippen LogP contribution in [-0.4, -0.2) is 24.5 Å². The number of amides is 1. The Bertz CT molecular complexity index is 116. The SMILES string of the molecule is C=CC(=O)NN(C)CC.Cl. The fraction of sp³-hybridized carbons (Fsp3) is 0.500. The van der Waals surface area contributed by atoms with Gasteiger partial charge in [-0.05, 0) is 6.08 Å². The van der Waals surface area contributed by atoms with Gasteiger partial charge in [0.05, 0.1) is 0 Å². The van der Waals surface area contributed by atoms with Crippen molar-refractivity contribution in [3.8, 4) is 0 Å². The molecular formula is C6H13ClN2O. The molecule has 0 radical (unpaired) electrons. The fourth-order valence-corrected chi connectivity index (χ4v) is 0.313. The number of hydrogen-bond acceptors (Lipinski definition) is 2. The molecule has 0 unspecified atom stereocenters. The Morgan fingerprint density at radius 3 is 2.60 bits per heavy atom. The summed E-state index contributed by atoms with van der Waals surface area (Å²) in [6.45, 7) is 6.05. The van der Waals surface area contributed by atoms with Crippen molar-refractivity contribution in [2.45, 2.75) is 6.92 Å². The number of hydrogen-bond donors (Lipinski definition) is 1. The van der Waals surface area contributed by atoms with E-state index in [9.17, 15) is 4.79 Å². The van der Waals surface area contributed by atoms with Gasteiger partial charge in [0.25, 0.3) is 5.91 Å². The third-order valence-corrected chi connectivity index (χ3v) is 0.961. The molecule has 1 amide bonds. The predicted octanol–water partition coefficient (Wildman–Crippen LogP) is 0.577. The van der Waals surface area contributed by atoms with Crippen LogP contribution in [0.4, 0.5) is 0 Å². The molecule has 10 heavy (non-hydrogen) atoms. The number of nitrogens with one attached hydrogen (secondary N) is 1. The quantitative estimate of drug-likeness (QED) is 0.489. The molecule has 0 aliphatic rings. The minimum atomic E-state index is -0.167. The van der Waals surface area contributed by atoms with Crippen LogP contribution < -0.4 is 5.43 Å². The number of rotatable bonds is 3. The van der Waals surface area contributed by atoms with Crippen molar-refractivity contribution in [3.63, 3.8) is 0 Å². The third-order valence-electron chi connectivity index (χ3n) is 0.961. The van der Waals surface area contributed by atoms with E-state index in [0.29, 0.717) is 0 Å². The standard InChI is InChI=1S/C6H12N2O.ClH/c1-4-6(9)7-8(3)5-2;/h4H,1,5H2,2-3H3,(H,7,9);1H. The predicted molar refractivity (Wildman–Crippen MR) is 43.9 cm³/mol. The molecule has 0 aliphatic heterocycles. The van der Waals surface area contributed by atoms with Crippen molar-refractivity contribution in [3.05, 3.63) is 12.7 Å². The van der Waals surface area contributed by atoms with Crippen LogP contribution in [0, 0.1) is 0 Å². The molecule has 0 aromatic carbocycles. The first-order chi connectivity index (χ1) is 4.20. The number of carbonyl (C=O) groups excluding carboxylic acids is 1. The summed E-state index contributed by atoms with van der Waals surface area (Å²) in [5.41, 5.74) is 2.56. The summed E-state index contributed by atoms with van der Waals surface area (Å²) in [7, 11) is 1.79. The first kappa shape index (κ1) is 12.2. The van der Waals surface area contributed by atoms with Crippen molar-refractivity contribution in [2.24, 2.45) is 0 Å². The number of nitrogens with zero attached hydrogens (tertiary/aromatic N) is 1. The zero-order valence-electron chi connectivity index (χ0n) is 6.26. The summed E-state index contributed by atoms with van der Waals surface area (Å²) in [6.07, 6.45) is 1.24. The van der Waals surface area contributed by atoms with Crippen LogP contribution in [-0.2, 0) is 4.79 Å². The maximum Gasteiger partial charge on any atom is 0.257 e. The van der Waals surface area contributed by atoms with Crippen molar-refractivity contribution in [1.29, 1.82) is 0 Å². The van der Waals surface area contributed by atoms with Gasteiger partial charge in [-0.15, -0.1) is 12.4 Å². The van der Waals surface area contributed by atoms with Crippen LogP contribution in [0.2, 0.25) is 0 Å². The van der Waals surface area contributed by atoms with E-state index in [4.69, 9.17) is 0 Å². The molecule has 4 heteroatoms. The Kier molecular flexibility index (Phi) is 8.00. The Labute approximate surface area is 67.5 Å². The Hall–Kier alpha value is -0.540. The second-order valence-electron chi connectivity index (χ2n) is 1.69. The van der Waals surface area contributed by atoms with E-state index in [2.05, 4.69) is 12.0 Å².